The van der Waals surface area contributed by atoms with Crippen LogP contribution in [0, 0.1) is 0 Å². The monoisotopic (exact) mass is 136 g/mol. The summed E-state index contributed by atoms with van der Waals surface area (Å²) in [5, 5.41) is 0. The summed E-state index contributed by atoms with van der Waals surface area (Å²) in [6, 6.07) is 0. The fraction of sp³-hybridized carbons (Fsp3) is 0.600. The van der Waals surface area contributed by atoms with Crippen molar-refractivity contribution in [3.8, 4) is 0 Å². The summed E-state index contributed by atoms with van der Waals surface area (Å²) in [5.41, 5.74) is 3.16. The normalized spacial score (nSPS) is 27.8. The Balaban J connectivity index is 2.69. The molecule has 0 atom stereocenters. The van der Waals surface area contributed by atoms with Gasteiger partial charge in [-0.15, -0.1) is 0 Å². The maximum absolute atomic E-state index is 2.26. The van der Waals surface area contributed by atoms with Gasteiger partial charge >= 0.3 is 0 Å². The van der Waals surface area contributed by atoms with Gasteiger partial charge < -0.3 is 0 Å². The van der Waals surface area contributed by atoms with E-state index in [1.54, 1.807) is 11.1 Å². The van der Waals surface area contributed by atoms with Crippen molar-refractivity contribution in [2.45, 2.75) is 39.5 Å². The van der Waals surface area contributed by atoms with Gasteiger partial charge in [-0.2, -0.15) is 0 Å². The van der Waals surface area contributed by atoms with Crippen LogP contribution < -0.4 is 0 Å². The summed E-state index contributed by atoms with van der Waals surface area (Å²) in [6.07, 6.45) is 9.89. The lowest BCUT2D eigenvalue weighted by atomic mass is 9.89. The first-order valence-electron chi connectivity index (χ1n) is 4.19. The van der Waals surface area contributed by atoms with Crippen LogP contribution in [0.1, 0.15) is 39.5 Å². The van der Waals surface area contributed by atoms with Crippen molar-refractivity contribution >= 4 is 0 Å². The molecule has 0 nitrogen and oxygen atoms in total. The third-order valence-electron chi connectivity index (χ3n) is 2.25. The molecule has 1 rings (SSSR count). The van der Waals surface area contributed by atoms with Crippen LogP contribution in [0.2, 0.25) is 0 Å². The van der Waals surface area contributed by atoms with Crippen LogP contribution in [0.5, 0.6) is 0 Å². The van der Waals surface area contributed by atoms with Gasteiger partial charge in [-0.1, -0.05) is 12.2 Å². The van der Waals surface area contributed by atoms with Gasteiger partial charge in [-0.05, 0) is 50.7 Å². The molecule has 0 aromatic rings. The van der Waals surface area contributed by atoms with E-state index in [1.165, 1.54) is 25.7 Å². The van der Waals surface area contributed by atoms with Crippen LogP contribution in [0.25, 0.3) is 0 Å². The molecule has 0 radical (unpaired) electrons. The third-order valence-corrected chi connectivity index (χ3v) is 2.25. The molecule has 0 aromatic heterocycles. The van der Waals surface area contributed by atoms with E-state index < -0.39 is 0 Å². The summed E-state index contributed by atoms with van der Waals surface area (Å²) in [4.78, 5) is 0. The van der Waals surface area contributed by atoms with E-state index in [0.29, 0.717) is 0 Å². The lowest BCUT2D eigenvalue weighted by molar-refractivity contribution is 0.677. The third kappa shape index (κ3) is 1.50. The molecule has 0 heterocycles. The van der Waals surface area contributed by atoms with Gasteiger partial charge in [0.2, 0.25) is 0 Å². The van der Waals surface area contributed by atoms with E-state index >= 15 is 0 Å². The highest BCUT2D eigenvalue weighted by Gasteiger charge is 2.08. The van der Waals surface area contributed by atoms with Gasteiger partial charge in [0.05, 0.1) is 0 Å². The van der Waals surface area contributed by atoms with Crippen molar-refractivity contribution in [2.75, 3.05) is 0 Å². The Kier molecular flexibility index (Phi) is 2.73. The molecule has 0 aliphatic heterocycles. The van der Waals surface area contributed by atoms with Gasteiger partial charge in [-0.3, -0.25) is 0 Å². The molecule has 0 bridgehead atoms. The second-order valence-electron chi connectivity index (χ2n) is 2.83. The van der Waals surface area contributed by atoms with Crippen molar-refractivity contribution in [1.29, 1.82) is 0 Å². The first kappa shape index (κ1) is 7.59. The Morgan fingerprint density at radius 2 is 1.30 bits per heavy atom. The fourth-order valence-electron chi connectivity index (χ4n) is 1.61. The minimum absolute atomic E-state index is 1.30. The quantitative estimate of drug-likeness (QED) is 0.478. The average molecular weight is 136 g/mol. The SMILES string of the molecule is C/C=C1/CCCC/C1=C\C. The molecular weight excluding hydrogens is 120 g/mol. The molecule has 0 saturated heterocycles. The maximum atomic E-state index is 2.26. The van der Waals surface area contributed by atoms with Crippen LogP contribution in [-0.4, -0.2) is 0 Å². The summed E-state index contributed by atoms with van der Waals surface area (Å²) >= 11 is 0. The highest BCUT2D eigenvalue weighted by Crippen LogP contribution is 2.27. The molecule has 1 fully saturated rings. The van der Waals surface area contributed by atoms with Crippen LogP contribution in [0.3, 0.4) is 0 Å². The van der Waals surface area contributed by atoms with E-state index in [-0.39, 0.29) is 0 Å². The van der Waals surface area contributed by atoms with Crippen molar-refractivity contribution in [1.82, 2.24) is 0 Å². The molecule has 1 aliphatic carbocycles. The summed E-state index contributed by atoms with van der Waals surface area (Å²) in [6.45, 7) is 4.29. The Labute approximate surface area is 63.6 Å². The zero-order valence-electron chi connectivity index (χ0n) is 6.98. The standard InChI is InChI=1S/C10H16/c1-3-9-7-5-6-8-10(9)4-2/h3-4H,5-8H2,1-2H3/b9-3-,10-4+. The second kappa shape index (κ2) is 3.60. The Morgan fingerprint density at radius 1 is 0.900 bits per heavy atom. The van der Waals surface area contributed by atoms with Gasteiger partial charge in [0.15, 0.2) is 0 Å². The molecule has 0 amide bonds. The molecule has 1 saturated carbocycles. The summed E-state index contributed by atoms with van der Waals surface area (Å²) in [5.74, 6) is 0. The number of rotatable bonds is 0. The van der Waals surface area contributed by atoms with Crippen molar-refractivity contribution < 1.29 is 0 Å². The van der Waals surface area contributed by atoms with Crippen LogP contribution in [0.4, 0.5) is 0 Å². The molecule has 1 aliphatic rings. The zero-order valence-corrected chi connectivity index (χ0v) is 6.98. The van der Waals surface area contributed by atoms with Gasteiger partial charge in [0.1, 0.15) is 0 Å². The molecule has 56 valence electrons. The first-order chi connectivity index (χ1) is 4.88. The fourth-order valence-corrected chi connectivity index (χ4v) is 1.61. The topological polar surface area (TPSA) is 0 Å². The highest BCUT2D eigenvalue weighted by atomic mass is 14.1. The van der Waals surface area contributed by atoms with E-state index in [0.717, 1.165) is 0 Å². The minimum Gasteiger partial charge on any atom is -0.0842 e. The van der Waals surface area contributed by atoms with Crippen molar-refractivity contribution in [3.05, 3.63) is 23.3 Å². The maximum Gasteiger partial charge on any atom is -0.0279 e. The van der Waals surface area contributed by atoms with Gasteiger partial charge in [0.25, 0.3) is 0 Å². The van der Waals surface area contributed by atoms with E-state index in [2.05, 4.69) is 26.0 Å². The van der Waals surface area contributed by atoms with Crippen molar-refractivity contribution in [3.63, 3.8) is 0 Å². The Morgan fingerprint density at radius 3 is 1.60 bits per heavy atom. The van der Waals surface area contributed by atoms with E-state index in [1.807, 2.05) is 0 Å². The smallest absolute Gasteiger partial charge is 0.0279 e. The lowest BCUT2D eigenvalue weighted by Gasteiger charge is -2.16. The number of hydrogen-bond acceptors (Lipinski definition) is 0. The Bertz CT molecular complexity index is 141. The summed E-state index contributed by atoms with van der Waals surface area (Å²) in [7, 11) is 0. The molecule has 10 heavy (non-hydrogen) atoms. The predicted octanol–water partition coefficient (Wildman–Crippen LogP) is 3.45. The molecule has 0 aromatic carbocycles. The van der Waals surface area contributed by atoms with E-state index in [9.17, 15) is 0 Å². The molecule has 0 heteroatoms. The largest absolute Gasteiger partial charge is 0.0842 e. The first-order valence-corrected chi connectivity index (χ1v) is 4.19. The van der Waals surface area contributed by atoms with E-state index in [4.69, 9.17) is 0 Å². The zero-order chi connectivity index (χ0) is 7.40. The second-order valence-corrected chi connectivity index (χ2v) is 2.83. The van der Waals surface area contributed by atoms with Gasteiger partial charge in [-0.25, -0.2) is 0 Å². The molecule has 0 N–H and O–H groups in total. The van der Waals surface area contributed by atoms with Crippen LogP contribution in [0.15, 0.2) is 23.3 Å². The highest BCUT2D eigenvalue weighted by molar-refractivity contribution is 5.31. The predicted molar refractivity (Wildman–Crippen MR) is 46.0 cm³/mol. The van der Waals surface area contributed by atoms with Crippen LogP contribution in [-0.2, 0) is 0 Å². The van der Waals surface area contributed by atoms with Gasteiger partial charge in [0, 0.05) is 0 Å². The molecular formula is C10H16. The van der Waals surface area contributed by atoms with Crippen LogP contribution >= 0.6 is 0 Å². The minimum atomic E-state index is 1.30. The average Bonchev–Trinajstić information content (AvgIpc) is 2.04. The number of hydrogen-bond donors (Lipinski definition) is 0. The molecule has 0 unspecified atom stereocenters. The Hall–Kier alpha value is -0.520. The molecule has 0 spiro atoms. The summed E-state index contributed by atoms with van der Waals surface area (Å²) < 4.78 is 0. The lowest BCUT2D eigenvalue weighted by Crippen LogP contribution is -1.97. The van der Waals surface area contributed by atoms with Crippen molar-refractivity contribution in [2.24, 2.45) is 0 Å². The number of allylic oxidation sites excluding steroid dienone is 4.